The van der Waals surface area contributed by atoms with E-state index in [0.29, 0.717) is 35.7 Å². The van der Waals surface area contributed by atoms with Crippen LogP contribution < -0.4 is 4.74 Å². The molecule has 0 aromatic heterocycles. The van der Waals surface area contributed by atoms with Crippen molar-refractivity contribution in [2.45, 2.75) is 70.6 Å². The maximum Gasteiger partial charge on any atom is 0.411 e. The van der Waals surface area contributed by atoms with E-state index >= 15 is 0 Å². The lowest BCUT2D eigenvalue weighted by Gasteiger charge is -2.38. The molecule has 0 saturated carbocycles. The molecule has 47 heavy (non-hydrogen) atoms. The summed E-state index contributed by atoms with van der Waals surface area (Å²) in [6.07, 6.45) is -11.5. The zero-order chi connectivity index (χ0) is 35.4. The van der Waals surface area contributed by atoms with Crippen molar-refractivity contribution in [2.24, 2.45) is 0 Å². The molecule has 0 saturated heterocycles. The van der Waals surface area contributed by atoms with Gasteiger partial charge >= 0.3 is 12.4 Å². The quantitative estimate of drug-likeness (QED) is 0.218. The highest BCUT2D eigenvalue weighted by Gasteiger charge is 2.72. The smallest absolute Gasteiger partial charge is 0.411 e. The summed E-state index contributed by atoms with van der Waals surface area (Å²) >= 11 is 0. The van der Waals surface area contributed by atoms with Gasteiger partial charge in [0.2, 0.25) is 5.41 Å². The van der Waals surface area contributed by atoms with Crippen LogP contribution in [0.15, 0.2) is 84.9 Å². The third kappa shape index (κ3) is 7.55. The molecule has 0 fully saturated rings. The average molecular weight is 653 g/mol. The van der Waals surface area contributed by atoms with Crippen molar-refractivity contribution >= 4 is 0 Å². The van der Waals surface area contributed by atoms with E-state index in [1.165, 1.54) is 6.07 Å². The van der Waals surface area contributed by atoms with Gasteiger partial charge in [-0.25, -0.2) is 0 Å². The largest absolute Gasteiger partial charge is 0.508 e. The van der Waals surface area contributed by atoms with Gasteiger partial charge in [-0.1, -0.05) is 89.2 Å². The fourth-order valence-electron chi connectivity index (χ4n) is 5.27. The van der Waals surface area contributed by atoms with Crippen LogP contribution >= 0.6 is 0 Å². The highest BCUT2D eigenvalue weighted by atomic mass is 19.4. The van der Waals surface area contributed by atoms with Crippen LogP contribution in [0.2, 0.25) is 0 Å². The van der Waals surface area contributed by atoms with Crippen LogP contribution in [0.5, 0.6) is 17.2 Å². The van der Waals surface area contributed by atoms with E-state index in [2.05, 4.69) is 19.9 Å². The Morgan fingerprint density at radius 2 is 1.17 bits per heavy atom. The lowest BCUT2D eigenvalue weighted by Crippen LogP contribution is -2.54. The van der Waals surface area contributed by atoms with Crippen molar-refractivity contribution in [3.8, 4) is 29.4 Å². The number of phenols is 1. The molecule has 4 rings (SSSR count). The standard InChI is InChI=1S/C26H21F6NO2.C11H13N/c1-23(2,3)21-5-4-6-22(20(21)15-33)35-19-13-9-17(10-14-19)24(25(27,28)29,26(30,31)32)16-7-11-18(34)12-8-16;1-8(2)10-6-4-5-9(3)11(10)7-12/h4-14,34H,1-3H3;4-6,8H,1-3H3. The predicted molar refractivity (Wildman–Crippen MR) is 167 cm³/mol. The molecule has 0 aliphatic heterocycles. The monoisotopic (exact) mass is 652 g/mol. The molecule has 4 aromatic rings. The third-order valence-corrected chi connectivity index (χ3v) is 7.65. The second-order valence-corrected chi connectivity index (χ2v) is 12.3. The number of phenolic OH excluding ortho intramolecular Hbond substituents is 1. The van der Waals surface area contributed by atoms with Crippen molar-refractivity contribution in [3.05, 3.63) is 124 Å². The van der Waals surface area contributed by atoms with Crippen LogP contribution in [0.25, 0.3) is 0 Å². The molecule has 0 spiro atoms. The van der Waals surface area contributed by atoms with Gasteiger partial charge < -0.3 is 9.84 Å². The second kappa shape index (κ2) is 13.8. The Kier molecular flexibility index (Phi) is 10.7. The SMILES string of the molecule is CC(C)(C)c1cccc(Oc2ccc(C(c3ccc(O)cc3)(C(F)(F)F)C(F)(F)F)cc2)c1C#N.Cc1cccc(C(C)C)c1C#N. The summed E-state index contributed by atoms with van der Waals surface area (Å²) < 4.78 is 90.9. The Hall–Kier alpha value is -4.96. The lowest BCUT2D eigenvalue weighted by molar-refractivity contribution is -0.288. The molecule has 0 bridgehead atoms. The molecule has 4 nitrogen and oxygen atoms in total. The van der Waals surface area contributed by atoms with Gasteiger partial charge in [0.25, 0.3) is 0 Å². The minimum Gasteiger partial charge on any atom is -0.508 e. The van der Waals surface area contributed by atoms with Gasteiger partial charge in [0.1, 0.15) is 23.3 Å². The number of nitriles is 2. The van der Waals surface area contributed by atoms with Crippen LogP contribution in [0.3, 0.4) is 0 Å². The zero-order valence-electron chi connectivity index (χ0n) is 26.7. The molecule has 0 radical (unpaired) electrons. The number of alkyl halides is 6. The molecular weight excluding hydrogens is 618 g/mol. The molecule has 0 amide bonds. The number of benzene rings is 4. The maximum absolute atomic E-state index is 14.2. The summed E-state index contributed by atoms with van der Waals surface area (Å²) in [7, 11) is 0. The highest BCUT2D eigenvalue weighted by Crippen LogP contribution is 2.56. The maximum atomic E-state index is 14.2. The molecule has 0 atom stereocenters. The number of halogens is 6. The molecule has 0 heterocycles. The first kappa shape index (κ1) is 36.5. The lowest BCUT2D eigenvalue weighted by atomic mass is 9.73. The number of aromatic hydroxyl groups is 1. The molecule has 0 aliphatic carbocycles. The van der Waals surface area contributed by atoms with E-state index in [0.717, 1.165) is 41.0 Å². The summed E-state index contributed by atoms with van der Waals surface area (Å²) in [5.41, 5.74) is -2.95. The van der Waals surface area contributed by atoms with Crippen molar-refractivity contribution in [2.75, 3.05) is 0 Å². The summed E-state index contributed by atoms with van der Waals surface area (Å²) in [6, 6.07) is 21.3. The molecule has 4 aromatic carbocycles. The third-order valence-electron chi connectivity index (χ3n) is 7.65. The van der Waals surface area contributed by atoms with Crippen LogP contribution in [-0.4, -0.2) is 17.5 Å². The van der Waals surface area contributed by atoms with Gasteiger partial charge in [-0.05, 0) is 76.4 Å². The van der Waals surface area contributed by atoms with E-state index in [-0.39, 0.29) is 17.1 Å². The predicted octanol–water partition coefficient (Wildman–Crippen LogP) is 10.8. The zero-order valence-corrected chi connectivity index (χ0v) is 26.7. The molecule has 10 heteroatoms. The number of rotatable bonds is 5. The first-order chi connectivity index (χ1) is 21.8. The summed E-state index contributed by atoms with van der Waals surface area (Å²) in [4.78, 5) is 0. The van der Waals surface area contributed by atoms with Crippen molar-refractivity contribution in [1.29, 1.82) is 10.5 Å². The Balaban J connectivity index is 0.000000420. The van der Waals surface area contributed by atoms with Crippen LogP contribution in [0.1, 0.15) is 79.5 Å². The first-order valence-corrected chi connectivity index (χ1v) is 14.5. The van der Waals surface area contributed by atoms with E-state index in [1.807, 2.05) is 52.0 Å². The van der Waals surface area contributed by atoms with E-state index in [4.69, 9.17) is 10.00 Å². The van der Waals surface area contributed by atoms with E-state index in [9.17, 15) is 36.7 Å². The molecular formula is C37H34F6N2O2. The van der Waals surface area contributed by atoms with E-state index < -0.39 is 40.1 Å². The summed E-state index contributed by atoms with van der Waals surface area (Å²) in [5, 5.41) is 27.9. The van der Waals surface area contributed by atoms with Gasteiger partial charge in [0, 0.05) is 0 Å². The Morgan fingerprint density at radius 3 is 1.60 bits per heavy atom. The van der Waals surface area contributed by atoms with Gasteiger partial charge in [-0.3, -0.25) is 0 Å². The van der Waals surface area contributed by atoms with Crippen LogP contribution in [0, 0.1) is 29.6 Å². The van der Waals surface area contributed by atoms with Gasteiger partial charge in [-0.15, -0.1) is 0 Å². The molecule has 0 unspecified atom stereocenters. The minimum absolute atomic E-state index is 0.0414. The van der Waals surface area contributed by atoms with Crippen molar-refractivity contribution in [1.82, 2.24) is 0 Å². The number of nitrogens with zero attached hydrogens (tertiary/aromatic N) is 2. The molecule has 0 aliphatic rings. The number of hydrogen-bond acceptors (Lipinski definition) is 4. The fraction of sp³-hybridized carbons (Fsp3) is 0.297. The fourth-order valence-corrected chi connectivity index (χ4v) is 5.27. The normalized spacial score (nSPS) is 12.1. The minimum atomic E-state index is -5.75. The van der Waals surface area contributed by atoms with Gasteiger partial charge in [0.15, 0.2) is 0 Å². The number of ether oxygens (including phenoxy) is 1. The first-order valence-electron chi connectivity index (χ1n) is 14.5. The Morgan fingerprint density at radius 1 is 0.681 bits per heavy atom. The average Bonchev–Trinajstić information content (AvgIpc) is 2.97. The van der Waals surface area contributed by atoms with Gasteiger partial charge in [0.05, 0.1) is 17.2 Å². The topological polar surface area (TPSA) is 77.0 Å². The van der Waals surface area contributed by atoms with E-state index in [1.54, 1.807) is 12.1 Å². The van der Waals surface area contributed by atoms with Gasteiger partial charge in [-0.2, -0.15) is 36.9 Å². The second-order valence-electron chi connectivity index (χ2n) is 12.3. The van der Waals surface area contributed by atoms with Crippen molar-refractivity contribution in [3.63, 3.8) is 0 Å². The summed E-state index contributed by atoms with van der Waals surface area (Å²) in [5.74, 6) is 0.0467. The Bertz CT molecular complexity index is 1760. The van der Waals surface area contributed by atoms with Crippen LogP contribution in [-0.2, 0) is 10.8 Å². The summed E-state index contributed by atoms with van der Waals surface area (Å²) in [6.45, 7) is 11.9. The number of hydrogen-bond donors (Lipinski definition) is 1. The van der Waals surface area contributed by atoms with Crippen molar-refractivity contribution < 1.29 is 36.2 Å². The Labute approximate surface area is 270 Å². The molecule has 246 valence electrons. The van der Waals surface area contributed by atoms with Crippen LogP contribution in [0.4, 0.5) is 26.3 Å². The highest BCUT2D eigenvalue weighted by molar-refractivity contribution is 5.53. The molecule has 1 N–H and O–H groups in total. The number of aryl methyl sites for hydroxylation is 1.